The Hall–Kier alpha value is -2.17. The smallest absolute Gasteiger partial charge is 0.410 e. The monoisotopic (exact) mass is 284 g/mol. The Morgan fingerprint density at radius 1 is 1.40 bits per heavy atom. The average molecular weight is 284 g/mol. The molecule has 0 spiro atoms. The minimum Gasteiger partial charge on any atom is -0.569 e. The molecule has 1 aliphatic heterocycles. The van der Waals surface area contributed by atoms with E-state index in [9.17, 15) is 10.0 Å². The molecular formula is C12H20N4O4. The summed E-state index contributed by atoms with van der Waals surface area (Å²) in [4.78, 5) is 18.3. The minimum absolute atomic E-state index is 0.0589. The number of carbonyl (C=O) groups is 1. The molecule has 1 aliphatic rings. The highest BCUT2D eigenvalue weighted by atomic mass is 16.7. The summed E-state index contributed by atoms with van der Waals surface area (Å²) >= 11 is 0. The summed E-state index contributed by atoms with van der Waals surface area (Å²) in [5.41, 5.74) is -0.531. The van der Waals surface area contributed by atoms with Crippen LogP contribution in [0.2, 0.25) is 0 Å². The number of amides is 1. The van der Waals surface area contributed by atoms with E-state index in [4.69, 9.17) is 11.2 Å². The molecule has 1 rings (SSSR count). The number of rotatable bonds is 3. The van der Waals surface area contributed by atoms with Crippen molar-refractivity contribution in [3.63, 3.8) is 0 Å². The molecule has 0 unspecified atom stereocenters. The van der Waals surface area contributed by atoms with Crippen LogP contribution in [0.3, 0.4) is 0 Å². The van der Waals surface area contributed by atoms with Crippen molar-refractivity contribution in [1.82, 2.24) is 9.91 Å². The first kappa shape index (κ1) is 15.9. The summed E-state index contributed by atoms with van der Waals surface area (Å²) < 4.78 is 5.26. The first-order chi connectivity index (χ1) is 9.33. The third-order valence-electron chi connectivity index (χ3n) is 2.43. The van der Waals surface area contributed by atoms with E-state index in [0.29, 0.717) is 31.1 Å². The van der Waals surface area contributed by atoms with Gasteiger partial charge in [0.15, 0.2) is 6.61 Å². The zero-order chi connectivity index (χ0) is 15.2. The first-order valence-corrected chi connectivity index (χ1v) is 6.30. The van der Waals surface area contributed by atoms with Gasteiger partial charge in [-0.1, -0.05) is 5.92 Å². The lowest BCUT2D eigenvalue weighted by molar-refractivity contribution is -0.712. The van der Waals surface area contributed by atoms with E-state index >= 15 is 0 Å². The number of hydrogen-bond acceptors (Lipinski definition) is 5. The van der Waals surface area contributed by atoms with Crippen LogP contribution in [-0.2, 0) is 9.57 Å². The summed E-state index contributed by atoms with van der Waals surface area (Å²) in [6, 6.07) is 0. The Labute approximate surface area is 118 Å². The molecule has 8 heteroatoms. The first-order valence-electron chi connectivity index (χ1n) is 6.30. The quantitative estimate of drug-likeness (QED) is 0.254. The Kier molecular flexibility index (Phi) is 5.43. The molecule has 0 aromatic heterocycles. The molecule has 1 fully saturated rings. The van der Waals surface area contributed by atoms with Crippen molar-refractivity contribution in [3.8, 4) is 12.3 Å². The fraction of sp³-hybridized carbons (Fsp3) is 0.750. The van der Waals surface area contributed by atoms with Crippen molar-refractivity contribution >= 4 is 6.09 Å². The number of hydrogen-bond donors (Lipinski definition) is 0. The molecule has 1 heterocycles. The molecule has 1 saturated heterocycles. The molecule has 0 aromatic carbocycles. The second-order valence-corrected chi connectivity index (χ2v) is 5.23. The molecule has 1 amide bonds. The maximum absolute atomic E-state index is 11.8. The number of piperazine rings is 1. The summed E-state index contributed by atoms with van der Waals surface area (Å²) in [5.74, 6) is 2.20. The van der Waals surface area contributed by atoms with Gasteiger partial charge in [0.05, 0.1) is 18.1 Å². The molecule has 0 N–H and O–H groups in total. The van der Waals surface area contributed by atoms with Gasteiger partial charge < -0.3 is 19.7 Å². The van der Waals surface area contributed by atoms with E-state index in [-0.39, 0.29) is 12.7 Å². The van der Waals surface area contributed by atoms with Gasteiger partial charge in [-0.2, -0.15) is 0 Å². The van der Waals surface area contributed by atoms with Gasteiger partial charge in [-0.05, 0) is 20.8 Å². The predicted octanol–water partition coefficient (Wildman–Crippen LogP) is 0.981. The third-order valence-corrected chi connectivity index (χ3v) is 2.43. The second kappa shape index (κ2) is 6.84. The molecular weight excluding hydrogens is 264 g/mol. The minimum atomic E-state index is -0.531. The van der Waals surface area contributed by atoms with Crippen LogP contribution in [0.4, 0.5) is 4.79 Å². The largest absolute Gasteiger partial charge is 0.569 e. The maximum Gasteiger partial charge on any atom is 0.410 e. The lowest BCUT2D eigenvalue weighted by atomic mass is 10.2. The van der Waals surface area contributed by atoms with Crippen molar-refractivity contribution < 1.29 is 19.3 Å². The Morgan fingerprint density at radius 3 is 2.50 bits per heavy atom. The topological polar surface area (TPSA) is 80.4 Å². The van der Waals surface area contributed by atoms with Gasteiger partial charge in [0.2, 0.25) is 5.28 Å². The van der Waals surface area contributed by atoms with Crippen LogP contribution in [0, 0.1) is 17.6 Å². The molecule has 0 saturated carbocycles. The zero-order valence-electron chi connectivity index (χ0n) is 12.0. The predicted molar refractivity (Wildman–Crippen MR) is 70.2 cm³/mol. The summed E-state index contributed by atoms with van der Waals surface area (Å²) in [6.07, 6.45) is 4.59. The number of carbonyl (C=O) groups excluding carboxylic acids is 1. The van der Waals surface area contributed by atoms with E-state index in [1.54, 1.807) is 4.90 Å². The van der Waals surface area contributed by atoms with Crippen molar-refractivity contribution in [2.75, 3.05) is 32.8 Å². The van der Waals surface area contributed by atoms with Crippen LogP contribution in [0.1, 0.15) is 20.8 Å². The second-order valence-electron chi connectivity index (χ2n) is 5.23. The number of nitrogens with zero attached hydrogens (tertiary/aromatic N) is 4. The fourth-order valence-electron chi connectivity index (χ4n) is 1.54. The number of terminal acetylenes is 1. The normalized spacial score (nSPS) is 16.6. The van der Waals surface area contributed by atoms with E-state index < -0.39 is 5.60 Å². The summed E-state index contributed by atoms with van der Waals surface area (Å²) in [6.45, 7) is 6.84. The van der Waals surface area contributed by atoms with Crippen molar-refractivity contribution in [2.24, 2.45) is 5.28 Å². The van der Waals surface area contributed by atoms with Crippen LogP contribution in [0.25, 0.3) is 0 Å². The maximum atomic E-state index is 11.8. The van der Waals surface area contributed by atoms with Gasteiger partial charge >= 0.3 is 6.09 Å². The summed E-state index contributed by atoms with van der Waals surface area (Å²) in [5, 5.41) is 16.2. The highest BCUT2D eigenvalue weighted by Crippen LogP contribution is 2.11. The van der Waals surface area contributed by atoms with Crippen LogP contribution in [-0.4, -0.2) is 59.4 Å². The molecule has 0 aliphatic carbocycles. The zero-order valence-corrected chi connectivity index (χ0v) is 12.0. The average Bonchev–Trinajstić information content (AvgIpc) is 2.37. The third kappa shape index (κ3) is 5.22. The summed E-state index contributed by atoms with van der Waals surface area (Å²) in [7, 11) is 0. The van der Waals surface area contributed by atoms with Crippen LogP contribution >= 0.6 is 0 Å². The fourth-order valence-corrected chi connectivity index (χ4v) is 1.54. The SMILES string of the molecule is C#CCO/N=[N+](\[O-])N1CCN(C(=O)OC(C)(C)C)CC1. The van der Waals surface area contributed by atoms with Crippen LogP contribution < -0.4 is 0 Å². The molecule has 112 valence electrons. The van der Waals surface area contributed by atoms with E-state index in [2.05, 4.69) is 16.0 Å². The van der Waals surface area contributed by atoms with Crippen LogP contribution in [0.15, 0.2) is 5.28 Å². The van der Waals surface area contributed by atoms with E-state index in [0.717, 1.165) is 0 Å². The van der Waals surface area contributed by atoms with Crippen molar-refractivity contribution in [1.29, 1.82) is 0 Å². The van der Waals surface area contributed by atoms with Gasteiger partial charge in [-0.15, -0.1) is 11.4 Å². The standard InChI is InChI=1S/C12H20N4O4/c1-5-10-19-13-16(18)15-8-6-14(7-9-15)11(17)20-12(2,3)4/h1H,6-10H2,2-4H3/b16-13-. The number of ether oxygens (including phenoxy) is 1. The molecule has 0 aromatic rings. The van der Waals surface area contributed by atoms with Crippen LogP contribution in [0.5, 0.6) is 0 Å². The van der Waals surface area contributed by atoms with Gasteiger partial charge in [-0.25, -0.2) is 4.79 Å². The van der Waals surface area contributed by atoms with E-state index in [1.165, 1.54) is 5.01 Å². The highest BCUT2D eigenvalue weighted by molar-refractivity contribution is 5.68. The Morgan fingerprint density at radius 2 is 2.00 bits per heavy atom. The molecule has 8 nitrogen and oxygen atoms in total. The molecule has 0 atom stereocenters. The lowest BCUT2D eigenvalue weighted by Crippen LogP contribution is -2.51. The molecule has 0 bridgehead atoms. The molecule has 20 heavy (non-hydrogen) atoms. The van der Waals surface area contributed by atoms with Gasteiger partial charge in [-0.3, -0.25) is 0 Å². The van der Waals surface area contributed by atoms with Gasteiger partial charge in [0.1, 0.15) is 5.60 Å². The highest BCUT2D eigenvalue weighted by Gasteiger charge is 2.28. The van der Waals surface area contributed by atoms with Crippen molar-refractivity contribution in [2.45, 2.75) is 26.4 Å². The Balaban J connectivity index is 2.42. The van der Waals surface area contributed by atoms with E-state index in [1.807, 2.05) is 20.8 Å². The van der Waals surface area contributed by atoms with Crippen molar-refractivity contribution in [3.05, 3.63) is 5.21 Å². The molecule has 0 radical (unpaired) electrons. The van der Waals surface area contributed by atoms with Gasteiger partial charge in [0, 0.05) is 13.1 Å². The lowest BCUT2D eigenvalue weighted by Gasteiger charge is -2.32. The van der Waals surface area contributed by atoms with Gasteiger partial charge in [0.25, 0.3) is 0 Å². The Bertz CT molecular complexity index is 403. The number of hydrazine groups is 1.